The lowest BCUT2D eigenvalue weighted by molar-refractivity contribution is -0.115. The van der Waals surface area contributed by atoms with Crippen molar-refractivity contribution in [3.63, 3.8) is 0 Å². The van der Waals surface area contributed by atoms with Gasteiger partial charge in [-0.15, -0.1) is 0 Å². The molecule has 1 amide bonds. The molecule has 3 aromatic carbocycles. The number of rotatable bonds is 8. The number of imidazole rings is 1. The van der Waals surface area contributed by atoms with Gasteiger partial charge in [-0.05, 0) is 81.4 Å². The second-order valence-corrected chi connectivity index (χ2v) is 9.69. The standard InChI is InChI=1S/C26H27ClN4OS/c1-17-8-13-22(21(27)16-17)29-25(32)18(2)33-26-30-23-6-4-5-7-24(23)31(26)20-11-9-19(10-12-20)14-15-28-3/h4-13,16,18,28H,14-15H2,1-3H3,(H,29,32). The van der Waals surface area contributed by atoms with Crippen molar-refractivity contribution >= 4 is 46.0 Å². The summed E-state index contributed by atoms with van der Waals surface area (Å²) in [5.74, 6) is -0.119. The van der Waals surface area contributed by atoms with Crippen LogP contribution in [0.2, 0.25) is 5.02 Å². The normalized spacial score (nSPS) is 12.1. The number of halogens is 1. The van der Waals surface area contributed by atoms with Gasteiger partial charge >= 0.3 is 0 Å². The number of hydrogen-bond donors (Lipinski definition) is 2. The summed E-state index contributed by atoms with van der Waals surface area (Å²) < 4.78 is 2.12. The number of nitrogens with zero attached hydrogens (tertiary/aromatic N) is 2. The van der Waals surface area contributed by atoms with Crippen molar-refractivity contribution in [1.82, 2.24) is 14.9 Å². The fourth-order valence-electron chi connectivity index (χ4n) is 3.58. The molecule has 0 bridgehead atoms. The maximum Gasteiger partial charge on any atom is 0.237 e. The number of hydrogen-bond acceptors (Lipinski definition) is 4. The maximum atomic E-state index is 12.9. The van der Waals surface area contributed by atoms with Gasteiger partial charge in [0.05, 0.1) is 27.0 Å². The predicted molar refractivity (Wildman–Crippen MR) is 139 cm³/mol. The summed E-state index contributed by atoms with van der Waals surface area (Å²) in [6.07, 6.45) is 0.974. The molecule has 0 aliphatic rings. The summed E-state index contributed by atoms with van der Waals surface area (Å²) in [5.41, 5.74) is 5.87. The number of thioether (sulfide) groups is 1. The van der Waals surface area contributed by atoms with Gasteiger partial charge in [0.2, 0.25) is 5.91 Å². The van der Waals surface area contributed by atoms with Crippen LogP contribution >= 0.6 is 23.4 Å². The number of carbonyl (C=O) groups is 1. The first-order chi connectivity index (χ1) is 16.0. The molecular weight excluding hydrogens is 452 g/mol. The van der Waals surface area contributed by atoms with Gasteiger partial charge in [-0.25, -0.2) is 4.98 Å². The Morgan fingerprint density at radius 2 is 1.88 bits per heavy atom. The van der Waals surface area contributed by atoms with Crippen molar-refractivity contribution in [2.24, 2.45) is 0 Å². The molecule has 4 rings (SSSR count). The van der Waals surface area contributed by atoms with Crippen molar-refractivity contribution in [1.29, 1.82) is 0 Å². The Labute approximate surface area is 203 Å². The van der Waals surface area contributed by atoms with Crippen LogP contribution in [0.5, 0.6) is 0 Å². The molecule has 4 aromatic rings. The van der Waals surface area contributed by atoms with E-state index in [1.807, 2.05) is 57.3 Å². The molecule has 170 valence electrons. The molecule has 2 N–H and O–H groups in total. The van der Waals surface area contributed by atoms with E-state index in [1.54, 1.807) is 0 Å². The van der Waals surface area contributed by atoms with E-state index in [2.05, 4.69) is 45.5 Å². The van der Waals surface area contributed by atoms with Gasteiger partial charge in [-0.2, -0.15) is 0 Å². The van der Waals surface area contributed by atoms with Gasteiger partial charge in [0.1, 0.15) is 0 Å². The number of likely N-dealkylation sites (N-methyl/N-ethyl adjacent to an activating group) is 1. The first kappa shape index (κ1) is 23.4. The maximum absolute atomic E-state index is 12.9. The number of fused-ring (bicyclic) bond motifs is 1. The van der Waals surface area contributed by atoms with Gasteiger partial charge in [0.15, 0.2) is 5.16 Å². The average Bonchev–Trinajstić information content (AvgIpc) is 3.17. The highest BCUT2D eigenvalue weighted by molar-refractivity contribution is 8.00. The second kappa shape index (κ2) is 10.4. The van der Waals surface area contributed by atoms with Gasteiger partial charge in [-0.3, -0.25) is 9.36 Å². The zero-order chi connectivity index (χ0) is 23.4. The van der Waals surface area contributed by atoms with Gasteiger partial charge in [0.25, 0.3) is 0 Å². The molecule has 0 aliphatic carbocycles. The number of carbonyl (C=O) groups excluding carboxylic acids is 1. The molecule has 0 fully saturated rings. The Balaban J connectivity index is 1.60. The fourth-order valence-corrected chi connectivity index (χ4v) is 4.81. The minimum absolute atomic E-state index is 0.119. The average molecular weight is 479 g/mol. The number of amides is 1. The fraction of sp³-hybridized carbons (Fsp3) is 0.231. The number of anilines is 1. The molecular formula is C26H27ClN4OS. The molecule has 1 aromatic heterocycles. The Hall–Kier alpha value is -2.80. The first-order valence-corrected chi connectivity index (χ1v) is 12.2. The highest BCUT2D eigenvalue weighted by Crippen LogP contribution is 2.31. The largest absolute Gasteiger partial charge is 0.324 e. The van der Waals surface area contributed by atoms with Gasteiger partial charge in [-0.1, -0.05) is 53.7 Å². The Bertz CT molecular complexity index is 1270. The zero-order valence-corrected chi connectivity index (χ0v) is 20.5. The molecule has 7 heteroatoms. The van der Waals surface area contributed by atoms with E-state index < -0.39 is 0 Å². The van der Waals surface area contributed by atoms with Crippen molar-refractivity contribution < 1.29 is 4.79 Å². The van der Waals surface area contributed by atoms with Gasteiger partial charge < -0.3 is 10.6 Å². The third kappa shape index (κ3) is 5.41. The third-order valence-corrected chi connectivity index (χ3v) is 6.79. The number of aromatic nitrogens is 2. The Morgan fingerprint density at radius 3 is 2.61 bits per heavy atom. The lowest BCUT2D eigenvalue weighted by Gasteiger charge is -2.15. The molecule has 0 saturated carbocycles. The molecule has 5 nitrogen and oxygen atoms in total. The monoisotopic (exact) mass is 478 g/mol. The van der Waals surface area contributed by atoms with Crippen LogP contribution in [0.4, 0.5) is 5.69 Å². The van der Waals surface area contributed by atoms with E-state index in [9.17, 15) is 4.79 Å². The topological polar surface area (TPSA) is 59.0 Å². The van der Waals surface area contributed by atoms with E-state index in [0.29, 0.717) is 10.7 Å². The van der Waals surface area contributed by atoms with E-state index >= 15 is 0 Å². The Kier molecular flexibility index (Phi) is 7.38. The summed E-state index contributed by atoms with van der Waals surface area (Å²) >= 11 is 7.73. The van der Waals surface area contributed by atoms with Crippen LogP contribution in [0, 0.1) is 6.92 Å². The molecule has 0 radical (unpaired) electrons. The molecule has 33 heavy (non-hydrogen) atoms. The van der Waals surface area contributed by atoms with Crippen molar-refractivity contribution in [2.75, 3.05) is 18.9 Å². The highest BCUT2D eigenvalue weighted by atomic mass is 35.5. The lowest BCUT2D eigenvalue weighted by Crippen LogP contribution is -2.23. The molecule has 1 unspecified atom stereocenters. The minimum Gasteiger partial charge on any atom is -0.324 e. The molecule has 1 heterocycles. The summed E-state index contributed by atoms with van der Waals surface area (Å²) in [7, 11) is 1.96. The van der Waals surface area contributed by atoms with E-state index in [1.165, 1.54) is 17.3 Å². The quantitative estimate of drug-likeness (QED) is 0.311. The SMILES string of the molecule is CNCCc1ccc(-n2c(SC(C)C(=O)Nc3ccc(C)cc3Cl)nc3ccccc32)cc1. The highest BCUT2D eigenvalue weighted by Gasteiger charge is 2.21. The molecule has 0 saturated heterocycles. The van der Waals surface area contributed by atoms with Crippen LogP contribution in [0.25, 0.3) is 16.7 Å². The van der Waals surface area contributed by atoms with Crippen molar-refractivity contribution in [3.05, 3.63) is 82.9 Å². The van der Waals surface area contributed by atoms with Crippen LogP contribution in [0.1, 0.15) is 18.1 Å². The molecule has 0 spiro atoms. The summed E-state index contributed by atoms with van der Waals surface area (Å²) in [4.78, 5) is 17.8. The zero-order valence-electron chi connectivity index (χ0n) is 18.9. The third-order valence-electron chi connectivity index (χ3n) is 5.42. The summed E-state index contributed by atoms with van der Waals surface area (Å²) in [5, 5.41) is 7.07. The predicted octanol–water partition coefficient (Wildman–Crippen LogP) is 5.87. The second-order valence-electron chi connectivity index (χ2n) is 7.97. The van der Waals surface area contributed by atoms with Crippen molar-refractivity contribution in [3.8, 4) is 5.69 Å². The van der Waals surface area contributed by atoms with Crippen LogP contribution < -0.4 is 10.6 Å². The van der Waals surface area contributed by atoms with E-state index in [0.717, 1.165) is 40.4 Å². The van der Waals surface area contributed by atoms with E-state index in [4.69, 9.17) is 16.6 Å². The number of benzene rings is 3. The smallest absolute Gasteiger partial charge is 0.237 e. The number of aryl methyl sites for hydroxylation is 1. The van der Waals surface area contributed by atoms with Crippen LogP contribution in [0.15, 0.2) is 71.9 Å². The van der Waals surface area contributed by atoms with Crippen LogP contribution in [-0.4, -0.2) is 34.3 Å². The molecule has 1 atom stereocenters. The van der Waals surface area contributed by atoms with Crippen LogP contribution in [-0.2, 0) is 11.2 Å². The number of nitrogens with one attached hydrogen (secondary N) is 2. The van der Waals surface area contributed by atoms with E-state index in [-0.39, 0.29) is 11.2 Å². The summed E-state index contributed by atoms with van der Waals surface area (Å²) in [6.45, 7) is 4.78. The Morgan fingerprint density at radius 1 is 1.12 bits per heavy atom. The van der Waals surface area contributed by atoms with Gasteiger partial charge in [0, 0.05) is 5.69 Å². The van der Waals surface area contributed by atoms with Crippen molar-refractivity contribution in [2.45, 2.75) is 30.7 Å². The minimum atomic E-state index is -0.368. The molecule has 0 aliphatic heterocycles. The first-order valence-electron chi connectivity index (χ1n) is 10.9. The van der Waals surface area contributed by atoms with Crippen LogP contribution in [0.3, 0.4) is 0 Å². The number of para-hydroxylation sites is 2. The lowest BCUT2D eigenvalue weighted by atomic mass is 10.1. The summed E-state index contributed by atoms with van der Waals surface area (Å²) in [6, 6.07) is 22.1.